The maximum absolute atomic E-state index is 12.0. The zero-order chi connectivity index (χ0) is 16.9. The number of carbonyl (C=O) groups is 1. The summed E-state index contributed by atoms with van der Waals surface area (Å²) in [6.45, 7) is 0.420. The van der Waals surface area contributed by atoms with E-state index in [0.717, 1.165) is 5.56 Å². The minimum atomic E-state index is -3.82. The number of carbonyl (C=O) groups excluding carboxylic acids is 1. The molecule has 0 aliphatic heterocycles. The monoisotopic (exact) mass is 354 g/mol. The molecule has 6 nitrogen and oxygen atoms in total. The Labute approximate surface area is 139 Å². The Balaban J connectivity index is 2.04. The van der Waals surface area contributed by atoms with Crippen molar-refractivity contribution in [2.75, 3.05) is 7.11 Å². The summed E-state index contributed by atoms with van der Waals surface area (Å²) in [7, 11) is -2.25. The van der Waals surface area contributed by atoms with Gasteiger partial charge in [-0.3, -0.25) is 4.79 Å². The summed E-state index contributed by atoms with van der Waals surface area (Å²) in [4.78, 5) is 15.8. The number of sulfonamides is 1. The highest BCUT2D eigenvalue weighted by Gasteiger charge is 2.17. The van der Waals surface area contributed by atoms with Crippen molar-refractivity contribution in [3.05, 3.63) is 64.4 Å². The summed E-state index contributed by atoms with van der Waals surface area (Å²) in [6.07, 6.45) is 1.35. The average Bonchev–Trinajstić information content (AvgIpc) is 2.50. The van der Waals surface area contributed by atoms with Crippen LogP contribution in [-0.2, 0) is 27.1 Å². The second-order valence-corrected chi connectivity index (χ2v) is 6.92. The molecule has 1 aromatic heterocycles. The van der Waals surface area contributed by atoms with E-state index in [9.17, 15) is 13.2 Å². The third kappa shape index (κ3) is 5.31. The molecular formula is C15H15ClN2O4S. The van der Waals surface area contributed by atoms with E-state index in [1.54, 1.807) is 37.4 Å². The molecule has 23 heavy (non-hydrogen) atoms. The van der Waals surface area contributed by atoms with Gasteiger partial charge in [-0.25, -0.2) is 18.1 Å². The summed E-state index contributed by atoms with van der Waals surface area (Å²) >= 11 is 5.64. The van der Waals surface area contributed by atoms with Gasteiger partial charge in [0.25, 0.3) is 5.91 Å². The van der Waals surface area contributed by atoms with Crippen molar-refractivity contribution in [2.45, 2.75) is 12.4 Å². The van der Waals surface area contributed by atoms with Crippen molar-refractivity contribution in [3.8, 4) is 0 Å². The van der Waals surface area contributed by atoms with E-state index in [2.05, 4.69) is 4.98 Å². The van der Waals surface area contributed by atoms with E-state index < -0.39 is 15.9 Å². The van der Waals surface area contributed by atoms with Crippen LogP contribution in [0.4, 0.5) is 0 Å². The van der Waals surface area contributed by atoms with Crippen LogP contribution < -0.4 is 4.72 Å². The molecule has 0 radical (unpaired) electrons. The predicted molar refractivity (Wildman–Crippen MR) is 86.5 cm³/mol. The van der Waals surface area contributed by atoms with Crippen LogP contribution >= 0.6 is 11.6 Å². The van der Waals surface area contributed by atoms with E-state index in [0.29, 0.717) is 12.2 Å². The van der Waals surface area contributed by atoms with Crippen LogP contribution in [-0.4, -0.2) is 26.4 Å². The molecule has 0 aliphatic rings. The number of nitrogens with zero attached hydrogens (tertiary/aromatic N) is 1. The van der Waals surface area contributed by atoms with Crippen LogP contribution in [0.5, 0.6) is 0 Å². The van der Waals surface area contributed by atoms with Crippen molar-refractivity contribution < 1.29 is 17.9 Å². The van der Waals surface area contributed by atoms with Gasteiger partial charge in [-0.05, 0) is 29.3 Å². The number of ether oxygens (including phenoxy) is 1. The summed E-state index contributed by atoms with van der Waals surface area (Å²) in [5.74, 6) is -1.04. The number of aromatic nitrogens is 1. The lowest BCUT2D eigenvalue weighted by Crippen LogP contribution is -2.31. The number of benzene rings is 1. The number of amides is 1. The molecule has 0 atom stereocenters. The first-order valence-corrected chi connectivity index (χ1v) is 8.66. The molecule has 1 N–H and O–H groups in total. The van der Waals surface area contributed by atoms with Crippen LogP contribution in [0, 0.1) is 0 Å². The van der Waals surface area contributed by atoms with Gasteiger partial charge in [-0.15, -0.1) is 0 Å². The molecule has 122 valence electrons. The highest BCUT2D eigenvalue weighted by molar-refractivity contribution is 7.89. The summed E-state index contributed by atoms with van der Waals surface area (Å²) < 4.78 is 31.1. The first kappa shape index (κ1) is 17.4. The normalized spacial score (nSPS) is 11.2. The summed E-state index contributed by atoms with van der Waals surface area (Å²) in [5.41, 5.74) is 1.58. The predicted octanol–water partition coefficient (Wildman–Crippen LogP) is 2.14. The average molecular weight is 355 g/mol. The second kappa shape index (κ2) is 7.54. The number of nitrogens with one attached hydrogen (secondary N) is 1. The number of pyridine rings is 1. The maximum Gasteiger partial charge on any atom is 0.264 e. The number of hydrogen-bond acceptors (Lipinski definition) is 5. The zero-order valence-corrected chi connectivity index (χ0v) is 13.9. The van der Waals surface area contributed by atoms with E-state index in [1.807, 2.05) is 4.72 Å². The molecule has 8 heteroatoms. The van der Waals surface area contributed by atoms with E-state index >= 15 is 0 Å². The zero-order valence-electron chi connectivity index (χ0n) is 12.3. The number of methoxy groups -OCH3 is 1. The third-order valence-corrected chi connectivity index (χ3v) is 4.35. The SMILES string of the molecule is COCc1ccc(C(=O)NS(=O)(=O)Cc2ccc(Cl)nc2)cc1. The minimum absolute atomic E-state index is 0.252. The van der Waals surface area contributed by atoms with Gasteiger partial charge in [0, 0.05) is 18.9 Å². The van der Waals surface area contributed by atoms with Gasteiger partial charge in [0.2, 0.25) is 10.0 Å². The standard InChI is InChI=1S/C15H15ClN2O4S/c1-22-9-11-2-5-13(6-3-11)15(19)18-23(20,21)10-12-4-7-14(16)17-8-12/h2-8H,9-10H2,1H3,(H,18,19). The van der Waals surface area contributed by atoms with Gasteiger partial charge in [-0.2, -0.15) is 0 Å². The fourth-order valence-electron chi connectivity index (χ4n) is 1.87. The largest absolute Gasteiger partial charge is 0.380 e. The van der Waals surface area contributed by atoms with Crippen LogP contribution in [0.2, 0.25) is 5.15 Å². The summed E-state index contributed by atoms with van der Waals surface area (Å²) in [6, 6.07) is 9.52. The Morgan fingerprint density at radius 2 is 1.83 bits per heavy atom. The molecule has 0 unspecified atom stereocenters. The summed E-state index contributed by atoms with van der Waals surface area (Å²) in [5, 5.41) is 0.270. The van der Waals surface area contributed by atoms with Crippen molar-refractivity contribution in [1.29, 1.82) is 0 Å². The molecule has 0 spiro atoms. The van der Waals surface area contributed by atoms with E-state index in [1.165, 1.54) is 12.3 Å². The highest BCUT2D eigenvalue weighted by Crippen LogP contribution is 2.10. The Kier molecular flexibility index (Phi) is 5.70. The Bertz CT molecular complexity index is 774. The first-order chi connectivity index (χ1) is 10.9. The third-order valence-electron chi connectivity index (χ3n) is 2.92. The molecule has 0 aliphatic carbocycles. The van der Waals surface area contributed by atoms with Gasteiger partial charge >= 0.3 is 0 Å². The van der Waals surface area contributed by atoms with Crippen molar-refractivity contribution in [3.63, 3.8) is 0 Å². The van der Waals surface area contributed by atoms with Gasteiger partial charge in [-0.1, -0.05) is 29.8 Å². The maximum atomic E-state index is 12.0. The van der Waals surface area contributed by atoms with Crippen molar-refractivity contribution >= 4 is 27.5 Å². The van der Waals surface area contributed by atoms with Gasteiger partial charge in [0.15, 0.2) is 0 Å². The van der Waals surface area contributed by atoms with Gasteiger partial charge in [0.1, 0.15) is 5.15 Å². The molecule has 2 aromatic rings. The molecule has 2 rings (SSSR count). The number of hydrogen-bond donors (Lipinski definition) is 1. The quantitative estimate of drug-likeness (QED) is 0.803. The molecular weight excluding hydrogens is 340 g/mol. The Morgan fingerprint density at radius 1 is 1.17 bits per heavy atom. The molecule has 0 bridgehead atoms. The molecule has 0 saturated carbocycles. The smallest absolute Gasteiger partial charge is 0.264 e. The Morgan fingerprint density at radius 3 is 2.39 bits per heavy atom. The van der Waals surface area contributed by atoms with Crippen molar-refractivity contribution in [2.24, 2.45) is 0 Å². The topological polar surface area (TPSA) is 85.4 Å². The molecule has 1 aromatic carbocycles. The van der Waals surface area contributed by atoms with Crippen LogP contribution in [0.25, 0.3) is 0 Å². The minimum Gasteiger partial charge on any atom is -0.380 e. The number of halogens is 1. The van der Waals surface area contributed by atoms with E-state index in [4.69, 9.17) is 16.3 Å². The lowest BCUT2D eigenvalue weighted by atomic mass is 10.1. The highest BCUT2D eigenvalue weighted by atomic mass is 35.5. The molecule has 0 fully saturated rings. The Hall–Kier alpha value is -1.96. The first-order valence-electron chi connectivity index (χ1n) is 6.63. The molecule has 0 saturated heterocycles. The lowest BCUT2D eigenvalue weighted by molar-refractivity contribution is 0.0981. The fraction of sp³-hybridized carbons (Fsp3) is 0.200. The van der Waals surface area contributed by atoms with Crippen LogP contribution in [0.15, 0.2) is 42.6 Å². The second-order valence-electron chi connectivity index (χ2n) is 4.81. The molecule has 1 heterocycles. The van der Waals surface area contributed by atoms with Crippen LogP contribution in [0.3, 0.4) is 0 Å². The van der Waals surface area contributed by atoms with Crippen molar-refractivity contribution in [1.82, 2.24) is 9.71 Å². The van der Waals surface area contributed by atoms with Crippen LogP contribution in [0.1, 0.15) is 21.5 Å². The molecule has 1 amide bonds. The number of rotatable bonds is 6. The van der Waals surface area contributed by atoms with Gasteiger partial charge in [0.05, 0.1) is 12.4 Å². The van der Waals surface area contributed by atoms with Gasteiger partial charge < -0.3 is 4.74 Å². The fourth-order valence-corrected chi connectivity index (χ4v) is 3.06. The lowest BCUT2D eigenvalue weighted by Gasteiger charge is -2.07. The van der Waals surface area contributed by atoms with E-state index in [-0.39, 0.29) is 16.5 Å².